The zero-order chi connectivity index (χ0) is 24.3. The van der Waals surface area contributed by atoms with Gasteiger partial charge in [-0.05, 0) is 67.4 Å². The van der Waals surface area contributed by atoms with Crippen molar-refractivity contribution < 1.29 is 22.4 Å². The van der Waals surface area contributed by atoms with Gasteiger partial charge in [0.1, 0.15) is 11.3 Å². The number of aromatic nitrogens is 1. The molecule has 176 valence electrons. The second kappa shape index (κ2) is 9.78. The summed E-state index contributed by atoms with van der Waals surface area (Å²) in [6.07, 6.45) is 0. The minimum Gasteiger partial charge on any atom is -0.495 e. The molecule has 4 aromatic rings. The van der Waals surface area contributed by atoms with E-state index in [1.807, 2.05) is 32.0 Å². The van der Waals surface area contributed by atoms with Gasteiger partial charge in [0, 0.05) is 5.69 Å². The molecule has 2 N–H and O–H groups in total. The van der Waals surface area contributed by atoms with Crippen molar-refractivity contribution >= 4 is 50.2 Å². The van der Waals surface area contributed by atoms with Gasteiger partial charge in [-0.1, -0.05) is 30.0 Å². The van der Waals surface area contributed by atoms with E-state index in [0.717, 1.165) is 28.6 Å². The molecule has 1 amide bonds. The number of rotatable bonds is 8. The molecule has 4 rings (SSSR count). The van der Waals surface area contributed by atoms with Gasteiger partial charge in [-0.25, -0.2) is 13.4 Å². The van der Waals surface area contributed by atoms with Crippen LogP contribution in [0.25, 0.3) is 11.1 Å². The average molecular weight is 498 g/mol. The normalized spacial score (nSPS) is 11.4. The lowest BCUT2D eigenvalue weighted by atomic mass is 10.1. The molecule has 0 aliphatic rings. The fourth-order valence-corrected chi connectivity index (χ4v) is 4.92. The molecule has 0 unspecified atom stereocenters. The van der Waals surface area contributed by atoms with E-state index < -0.39 is 10.0 Å². The van der Waals surface area contributed by atoms with E-state index in [4.69, 9.17) is 9.15 Å². The van der Waals surface area contributed by atoms with Crippen LogP contribution >= 0.6 is 11.8 Å². The Morgan fingerprint density at radius 3 is 2.62 bits per heavy atom. The smallest absolute Gasteiger partial charge is 0.262 e. The van der Waals surface area contributed by atoms with Gasteiger partial charge in [0.05, 0.1) is 23.4 Å². The lowest BCUT2D eigenvalue weighted by Crippen LogP contribution is -2.14. The molecule has 0 saturated carbocycles. The van der Waals surface area contributed by atoms with E-state index in [1.54, 1.807) is 30.3 Å². The van der Waals surface area contributed by atoms with Gasteiger partial charge in [0.2, 0.25) is 5.91 Å². The van der Waals surface area contributed by atoms with Crippen molar-refractivity contribution in [2.45, 2.75) is 24.0 Å². The second-order valence-corrected chi connectivity index (χ2v) is 10.2. The standard InChI is InChI=1S/C24H23N3O5S2/c1-15-8-9-17(12-16(15)2)25-23(28)14-33-24-26-20-13-18(10-11-22(20)32-24)34(29,30)27-19-6-4-5-7-21(19)31-3/h4-13,27H,14H2,1-3H3,(H,25,28). The highest BCUT2D eigenvalue weighted by molar-refractivity contribution is 7.99. The number of nitrogens with one attached hydrogen (secondary N) is 2. The van der Waals surface area contributed by atoms with Gasteiger partial charge in [0.15, 0.2) is 5.58 Å². The van der Waals surface area contributed by atoms with Crippen molar-refractivity contribution in [1.82, 2.24) is 4.98 Å². The first-order valence-electron chi connectivity index (χ1n) is 10.3. The summed E-state index contributed by atoms with van der Waals surface area (Å²) in [5.41, 5.74) is 4.10. The van der Waals surface area contributed by atoms with E-state index in [9.17, 15) is 13.2 Å². The summed E-state index contributed by atoms with van der Waals surface area (Å²) in [6.45, 7) is 3.99. The van der Waals surface area contributed by atoms with Gasteiger partial charge in [-0.15, -0.1) is 0 Å². The second-order valence-electron chi connectivity index (χ2n) is 7.55. The molecule has 34 heavy (non-hydrogen) atoms. The number of anilines is 2. The highest BCUT2D eigenvalue weighted by Gasteiger charge is 2.19. The molecule has 0 radical (unpaired) electrons. The van der Waals surface area contributed by atoms with Crippen LogP contribution in [0.2, 0.25) is 0 Å². The number of nitrogens with zero attached hydrogens (tertiary/aromatic N) is 1. The number of amides is 1. The van der Waals surface area contributed by atoms with Crippen molar-refractivity contribution in [3.63, 3.8) is 0 Å². The number of carbonyl (C=O) groups is 1. The molecular formula is C24H23N3O5S2. The Balaban J connectivity index is 1.45. The van der Waals surface area contributed by atoms with Gasteiger partial charge in [0.25, 0.3) is 15.2 Å². The molecule has 0 aliphatic heterocycles. The number of carbonyl (C=O) groups excluding carboxylic acids is 1. The Labute approximate surface area is 201 Å². The summed E-state index contributed by atoms with van der Waals surface area (Å²) in [4.78, 5) is 16.7. The maximum absolute atomic E-state index is 12.9. The highest BCUT2D eigenvalue weighted by atomic mass is 32.2. The summed E-state index contributed by atoms with van der Waals surface area (Å²) in [5.74, 6) is 0.311. The molecule has 3 aromatic carbocycles. The monoisotopic (exact) mass is 497 g/mol. The zero-order valence-electron chi connectivity index (χ0n) is 18.8. The van der Waals surface area contributed by atoms with Crippen molar-refractivity contribution in [3.05, 3.63) is 71.8 Å². The third kappa shape index (κ3) is 5.35. The van der Waals surface area contributed by atoms with Crippen molar-refractivity contribution in [2.24, 2.45) is 0 Å². The van der Waals surface area contributed by atoms with E-state index in [1.165, 1.54) is 19.2 Å². The molecule has 0 saturated heterocycles. The predicted octanol–water partition coefficient (Wildman–Crippen LogP) is 4.98. The number of fused-ring (bicyclic) bond motifs is 1. The summed E-state index contributed by atoms with van der Waals surface area (Å²) in [6, 6.07) is 16.9. The Morgan fingerprint density at radius 2 is 1.85 bits per heavy atom. The van der Waals surface area contributed by atoms with Crippen LogP contribution in [0.1, 0.15) is 11.1 Å². The fourth-order valence-electron chi connectivity index (χ4n) is 3.19. The van der Waals surface area contributed by atoms with Crippen LogP contribution in [-0.4, -0.2) is 32.2 Å². The number of thioether (sulfide) groups is 1. The minimum atomic E-state index is -3.88. The van der Waals surface area contributed by atoms with Crippen LogP contribution < -0.4 is 14.8 Å². The lowest BCUT2D eigenvalue weighted by Gasteiger charge is -2.11. The molecule has 1 aromatic heterocycles. The number of sulfonamides is 1. The van der Waals surface area contributed by atoms with Crippen molar-refractivity contribution in [3.8, 4) is 5.75 Å². The zero-order valence-corrected chi connectivity index (χ0v) is 20.4. The van der Waals surface area contributed by atoms with Gasteiger partial charge >= 0.3 is 0 Å². The minimum absolute atomic E-state index is 0.0308. The maximum atomic E-state index is 12.9. The topological polar surface area (TPSA) is 111 Å². The first kappa shape index (κ1) is 23.7. The fraction of sp³-hybridized carbons (Fsp3) is 0.167. The summed E-state index contributed by atoms with van der Waals surface area (Å²) < 4.78 is 39.1. The van der Waals surface area contributed by atoms with Crippen LogP contribution in [0.15, 0.2) is 75.2 Å². The Morgan fingerprint density at radius 1 is 1.06 bits per heavy atom. The molecule has 10 heteroatoms. The predicted molar refractivity (Wildman–Crippen MR) is 133 cm³/mol. The first-order chi connectivity index (χ1) is 16.2. The van der Waals surface area contributed by atoms with Gasteiger partial charge < -0.3 is 14.5 Å². The Bertz CT molecular complexity index is 1460. The van der Waals surface area contributed by atoms with E-state index >= 15 is 0 Å². The molecule has 1 heterocycles. The van der Waals surface area contributed by atoms with Gasteiger partial charge in [-0.3, -0.25) is 9.52 Å². The maximum Gasteiger partial charge on any atom is 0.262 e. The average Bonchev–Trinajstić information content (AvgIpc) is 3.22. The summed E-state index contributed by atoms with van der Waals surface area (Å²) in [5, 5.41) is 3.12. The molecular weight excluding hydrogens is 474 g/mol. The number of oxazole rings is 1. The summed E-state index contributed by atoms with van der Waals surface area (Å²) in [7, 11) is -2.41. The van der Waals surface area contributed by atoms with E-state index in [0.29, 0.717) is 22.5 Å². The lowest BCUT2D eigenvalue weighted by molar-refractivity contribution is -0.113. The molecule has 0 bridgehead atoms. The number of methoxy groups -OCH3 is 1. The van der Waals surface area contributed by atoms with Gasteiger partial charge in [-0.2, -0.15) is 0 Å². The van der Waals surface area contributed by atoms with Crippen LogP contribution in [-0.2, 0) is 14.8 Å². The SMILES string of the molecule is COc1ccccc1NS(=O)(=O)c1ccc2oc(SCC(=O)Nc3ccc(C)c(C)c3)nc2c1. The third-order valence-electron chi connectivity index (χ3n) is 5.12. The third-order valence-corrected chi connectivity index (χ3v) is 7.31. The van der Waals surface area contributed by atoms with Crippen molar-refractivity contribution in [2.75, 3.05) is 22.9 Å². The largest absolute Gasteiger partial charge is 0.495 e. The molecule has 8 nitrogen and oxygen atoms in total. The number of benzene rings is 3. The quantitative estimate of drug-likeness (QED) is 0.330. The first-order valence-corrected chi connectivity index (χ1v) is 12.8. The van der Waals surface area contributed by atoms with E-state index in [-0.39, 0.29) is 21.8 Å². The summed E-state index contributed by atoms with van der Waals surface area (Å²) >= 11 is 1.13. The van der Waals surface area contributed by atoms with Crippen LogP contribution in [0.3, 0.4) is 0 Å². The number of ether oxygens (including phenoxy) is 1. The van der Waals surface area contributed by atoms with Crippen LogP contribution in [0, 0.1) is 13.8 Å². The number of aryl methyl sites for hydroxylation is 2. The Kier molecular flexibility index (Phi) is 6.80. The van der Waals surface area contributed by atoms with Crippen LogP contribution in [0.5, 0.6) is 5.75 Å². The molecule has 0 atom stereocenters. The van der Waals surface area contributed by atoms with Crippen LogP contribution in [0.4, 0.5) is 11.4 Å². The number of para-hydroxylation sites is 2. The molecule has 0 fully saturated rings. The number of hydrogen-bond acceptors (Lipinski definition) is 7. The van der Waals surface area contributed by atoms with E-state index in [2.05, 4.69) is 15.0 Å². The Hall–Kier alpha value is -3.50. The highest BCUT2D eigenvalue weighted by Crippen LogP contribution is 2.29. The van der Waals surface area contributed by atoms with Crippen molar-refractivity contribution in [1.29, 1.82) is 0 Å². The molecule has 0 spiro atoms. The number of hydrogen-bond donors (Lipinski definition) is 2. The molecule has 0 aliphatic carbocycles.